The zero-order chi connectivity index (χ0) is 19.4. The molecule has 5 heteroatoms. The highest BCUT2D eigenvalue weighted by Crippen LogP contribution is 2.22. The zero-order valence-corrected chi connectivity index (χ0v) is 15.9. The standard InChI is InChI=1S/C22H24N2O3/c1-4-16-9-8-11-18(13-16)23(5-2)21(25)15-24-19-12-7-6-10-17(19)14-20(24)22(26)27-3/h6-14H,4-5,15H2,1-3H3. The van der Waals surface area contributed by atoms with Gasteiger partial charge in [-0.1, -0.05) is 37.3 Å². The highest BCUT2D eigenvalue weighted by Gasteiger charge is 2.21. The van der Waals surface area contributed by atoms with Crippen molar-refractivity contribution in [1.29, 1.82) is 0 Å². The number of fused-ring (bicyclic) bond motifs is 1. The van der Waals surface area contributed by atoms with E-state index in [1.54, 1.807) is 15.5 Å². The van der Waals surface area contributed by atoms with E-state index in [2.05, 4.69) is 13.0 Å². The third-order valence-electron chi connectivity index (χ3n) is 4.75. The Bertz CT molecular complexity index is 975. The van der Waals surface area contributed by atoms with Crippen LogP contribution in [0.15, 0.2) is 54.6 Å². The first-order valence-corrected chi connectivity index (χ1v) is 9.14. The summed E-state index contributed by atoms with van der Waals surface area (Å²) in [5.74, 6) is -0.521. The predicted octanol–water partition coefficient (Wildman–Crippen LogP) is 4.04. The molecule has 0 aliphatic carbocycles. The van der Waals surface area contributed by atoms with Gasteiger partial charge in [-0.25, -0.2) is 4.79 Å². The number of anilines is 1. The number of rotatable bonds is 6. The predicted molar refractivity (Wildman–Crippen MR) is 107 cm³/mol. The molecule has 3 rings (SSSR count). The largest absolute Gasteiger partial charge is 0.464 e. The number of para-hydroxylation sites is 1. The van der Waals surface area contributed by atoms with E-state index in [1.165, 1.54) is 12.7 Å². The molecule has 0 atom stereocenters. The molecule has 0 N–H and O–H groups in total. The van der Waals surface area contributed by atoms with Crippen LogP contribution in [0.5, 0.6) is 0 Å². The molecule has 0 spiro atoms. The number of benzene rings is 2. The second kappa shape index (κ2) is 8.08. The number of carbonyl (C=O) groups is 2. The number of aromatic nitrogens is 1. The lowest BCUT2D eigenvalue weighted by molar-refractivity contribution is -0.119. The average Bonchev–Trinajstić information content (AvgIpc) is 3.06. The molecule has 1 amide bonds. The Hall–Kier alpha value is -3.08. The van der Waals surface area contributed by atoms with Gasteiger partial charge in [-0.15, -0.1) is 0 Å². The van der Waals surface area contributed by atoms with Crippen LogP contribution >= 0.6 is 0 Å². The van der Waals surface area contributed by atoms with E-state index in [4.69, 9.17) is 4.74 Å². The lowest BCUT2D eigenvalue weighted by atomic mass is 10.1. The Morgan fingerprint density at radius 3 is 2.52 bits per heavy atom. The minimum Gasteiger partial charge on any atom is -0.464 e. The van der Waals surface area contributed by atoms with Crippen LogP contribution in [0, 0.1) is 0 Å². The van der Waals surface area contributed by atoms with Crippen LogP contribution in [-0.2, 0) is 22.5 Å². The number of carbonyl (C=O) groups excluding carboxylic acids is 2. The molecule has 0 saturated heterocycles. The molecule has 0 unspecified atom stereocenters. The van der Waals surface area contributed by atoms with Gasteiger partial charge in [0.2, 0.25) is 5.91 Å². The van der Waals surface area contributed by atoms with Crippen molar-refractivity contribution >= 4 is 28.5 Å². The number of amides is 1. The highest BCUT2D eigenvalue weighted by molar-refractivity contribution is 5.99. The number of aryl methyl sites for hydroxylation is 1. The fraction of sp³-hybridized carbons (Fsp3) is 0.273. The topological polar surface area (TPSA) is 51.5 Å². The molecule has 0 aliphatic rings. The van der Waals surface area contributed by atoms with Gasteiger partial charge in [0.05, 0.1) is 7.11 Å². The summed E-state index contributed by atoms with van der Waals surface area (Å²) in [6.07, 6.45) is 0.911. The number of hydrogen-bond donors (Lipinski definition) is 0. The number of likely N-dealkylation sites (N-methyl/N-ethyl adjacent to an activating group) is 1. The van der Waals surface area contributed by atoms with Gasteiger partial charge in [0.1, 0.15) is 12.2 Å². The SMILES string of the molecule is CCc1cccc(N(CC)C(=O)Cn2c(C(=O)OC)cc3ccccc32)c1. The lowest BCUT2D eigenvalue weighted by Gasteiger charge is -2.22. The molecule has 27 heavy (non-hydrogen) atoms. The molecular formula is C22H24N2O3. The third kappa shape index (κ3) is 3.72. The second-order valence-corrected chi connectivity index (χ2v) is 6.33. The Morgan fingerprint density at radius 2 is 1.81 bits per heavy atom. The normalized spacial score (nSPS) is 10.8. The van der Waals surface area contributed by atoms with Crippen LogP contribution in [0.4, 0.5) is 5.69 Å². The van der Waals surface area contributed by atoms with Gasteiger partial charge in [-0.2, -0.15) is 0 Å². The molecule has 2 aromatic carbocycles. The van der Waals surface area contributed by atoms with Crippen molar-refractivity contribution in [2.24, 2.45) is 0 Å². The lowest BCUT2D eigenvalue weighted by Crippen LogP contribution is -2.34. The summed E-state index contributed by atoms with van der Waals surface area (Å²) in [7, 11) is 1.35. The summed E-state index contributed by atoms with van der Waals surface area (Å²) in [6, 6.07) is 17.4. The summed E-state index contributed by atoms with van der Waals surface area (Å²) in [5.41, 5.74) is 3.27. The van der Waals surface area contributed by atoms with E-state index < -0.39 is 5.97 Å². The van der Waals surface area contributed by atoms with Crippen LogP contribution in [0.1, 0.15) is 29.9 Å². The van der Waals surface area contributed by atoms with E-state index in [0.29, 0.717) is 12.2 Å². The minimum atomic E-state index is -0.449. The van der Waals surface area contributed by atoms with Gasteiger partial charge in [0, 0.05) is 23.1 Å². The Balaban J connectivity index is 1.97. The smallest absolute Gasteiger partial charge is 0.354 e. The van der Waals surface area contributed by atoms with E-state index in [1.807, 2.05) is 49.4 Å². The number of methoxy groups -OCH3 is 1. The van der Waals surface area contributed by atoms with Crippen molar-refractivity contribution < 1.29 is 14.3 Å². The number of hydrogen-bond acceptors (Lipinski definition) is 3. The molecule has 0 radical (unpaired) electrons. The number of nitrogens with zero attached hydrogens (tertiary/aromatic N) is 2. The summed E-state index contributed by atoms with van der Waals surface area (Å²) in [5, 5.41) is 0.904. The van der Waals surface area contributed by atoms with Crippen LogP contribution < -0.4 is 4.90 Å². The average molecular weight is 364 g/mol. The molecule has 0 bridgehead atoms. The van der Waals surface area contributed by atoms with Crippen molar-refractivity contribution in [2.75, 3.05) is 18.6 Å². The van der Waals surface area contributed by atoms with Crippen molar-refractivity contribution in [3.63, 3.8) is 0 Å². The molecule has 1 heterocycles. The molecule has 5 nitrogen and oxygen atoms in total. The van der Waals surface area contributed by atoms with Gasteiger partial charge in [0.25, 0.3) is 0 Å². The summed E-state index contributed by atoms with van der Waals surface area (Å²) < 4.78 is 6.64. The molecule has 0 aliphatic heterocycles. The van der Waals surface area contributed by atoms with E-state index >= 15 is 0 Å². The molecule has 0 saturated carbocycles. The first kappa shape index (κ1) is 18.7. The number of ether oxygens (including phenoxy) is 1. The maximum Gasteiger partial charge on any atom is 0.354 e. The summed E-state index contributed by atoms with van der Waals surface area (Å²) in [6.45, 7) is 4.66. The van der Waals surface area contributed by atoms with Crippen LogP contribution in [0.3, 0.4) is 0 Å². The summed E-state index contributed by atoms with van der Waals surface area (Å²) in [4.78, 5) is 27.1. The van der Waals surface area contributed by atoms with Crippen LogP contribution in [0.25, 0.3) is 10.9 Å². The fourth-order valence-electron chi connectivity index (χ4n) is 3.32. The fourth-order valence-corrected chi connectivity index (χ4v) is 3.32. The van der Waals surface area contributed by atoms with Crippen molar-refractivity contribution in [1.82, 2.24) is 4.57 Å². The van der Waals surface area contributed by atoms with E-state index in [9.17, 15) is 9.59 Å². The summed E-state index contributed by atoms with van der Waals surface area (Å²) >= 11 is 0. The first-order valence-electron chi connectivity index (χ1n) is 9.14. The van der Waals surface area contributed by atoms with Crippen LogP contribution in [0.2, 0.25) is 0 Å². The minimum absolute atomic E-state index is 0.0716. The van der Waals surface area contributed by atoms with E-state index in [-0.39, 0.29) is 12.5 Å². The van der Waals surface area contributed by atoms with Crippen molar-refractivity contribution in [2.45, 2.75) is 26.8 Å². The molecule has 1 aromatic heterocycles. The molecule has 140 valence electrons. The van der Waals surface area contributed by atoms with Gasteiger partial charge >= 0.3 is 5.97 Å². The third-order valence-corrected chi connectivity index (χ3v) is 4.75. The maximum atomic E-state index is 13.1. The Morgan fingerprint density at radius 1 is 1.04 bits per heavy atom. The quantitative estimate of drug-likeness (QED) is 0.620. The Labute approximate surface area is 159 Å². The van der Waals surface area contributed by atoms with Crippen molar-refractivity contribution in [3.05, 3.63) is 65.9 Å². The highest BCUT2D eigenvalue weighted by atomic mass is 16.5. The molecule has 0 fully saturated rings. The number of esters is 1. The molecule has 3 aromatic rings. The monoisotopic (exact) mass is 364 g/mol. The van der Waals surface area contributed by atoms with Gasteiger partial charge in [-0.05, 0) is 43.2 Å². The maximum absolute atomic E-state index is 13.1. The Kier molecular flexibility index (Phi) is 5.60. The zero-order valence-electron chi connectivity index (χ0n) is 15.9. The van der Waals surface area contributed by atoms with Crippen molar-refractivity contribution in [3.8, 4) is 0 Å². The first-order chi connectivity index (χ1) is 13.1. The second-order valence-electron chi connectivity index (χ2n) is 6.33. The van der Waals surface area contributed by atoms with Gasteiger partial charge in [0.15, 0.2) is 0 Å². The van der Waals surface area contributed by atoms with Gasteiger partial charge < -0.3 is 14.2 Å². The molecular weight excluding hydrogens is 340 g/mol. The van der Waals surface area contributed by atoms with Crippen LogP contribution in [-0.4, -0.2) is 30.1 Å². The van der Waals surface area contributed by atoms with Gasteiger partial charge in [-0.3, -0.25) is 4.79 Å². The van der Waals surface area contributed by atoms with E-state index in [0.717, 1.165) is 23.0 Å².